The van der Waals surface area contributed by atoms with Gasteiger partial charge >= 0.3 is 0 Å². The van der Waals surface area contributed by atoms with Crippen LogP contribution in [-0.2, 0) is 13.0 Å². The van der Waals surface area contributed by atoms with Gasteiger partial charge in [-0.05, 0) is 24.0 Å². The Labute approximate surface area is 134 Å². The first-order valence-electron chi connectivity index (χ1n) is 8.62. The highest BCUT2D eigenvalue weighted by atomic mass is 15.2. The molecule has 1 aromatic rings. The predicted molar refractivity (Wildman–Crippen MR) is 94.1 cm³/mol. The summed E-state index contributed by atoms with van der Waals surface area (Å²) in [5.74, 6) is 0.592. The third-order valence-corrected chi connectivity index (χ3v) is 4.24. The number of nitrogens with zero attached hydrogens (tertiary/aromatic N) is 2. The number of nitrogens with two attached hydrogens (primary N) is 1. The van der Waals surface area contributed by atoms with Gasteiger partial charge in [0.1, 0.15) is 0 Å². The maximum atomic E-state index is 5.90. The Bertz CT molecular complexity index is 470. The third-order valence-electron chi connectivity index (χ3n) is 4.24. The van der Waals surface area contributed by atoms with Gasteiger partial charge in [0.2, 0.25) is 0 Å². The molecule has 0 radical (unpaired) electrons. The molecule has 0 bridgehead atoms. The average molecular weight is 302 g/mol. The van der Waals surface area contributed by atoms with Crippen molar-refractivity contribution in [1.82, 2.24) is 10.2 Å². The van der Waals surface area contributed by atoms with Crippen molar-refractivity contribution in [2.75, 3.05) is 26.2 Å². The van der Waals surface area contributed by atoms with Gasteiger partial charge in [0.05, 0.1) is 0 Å². The SMILES string of the molecule is CCCCCCN=C(N)NCCN1CCc2ccccc2C1. The molecule has 0 aromatic heterocycles. The van der Waals surface area contributed by atoms with Gasteiger partial charge < -0.3 is 11.1 Å². The van der Waals surface area contributed by atoms with Crippen LogP contribution in [0.2, 0.25) is 0 Å². The van der Waals surface area contributed by atoms with E-state index in [1.165, 1.54) is 30.4 Å². The molecule has 0 fully saturated rings. The first-order chi connectivity index (χ1) is 10.8. The lowest BCUT2D eigenvalue weighted by Gasteiger charge is -2.28. The van der Waals surface area contributed by atoms with Gasteiger partial charge in [0.25, 0.3) is 0 Å². The summed E-state index contributed by atoms with van der Waals surface area (Å²) in [6.45, 7) is 7.12. The van der Waals surface area contributed by atoms with E-state index in [0.29, 0.717) is 5.96 Å². The van der Waals surface area contributed by atoms with E-state index in [1.807, 2.05) is 0 Å². The average Bonchev–Trinajstić information content (AvgIpc) is 2.54. The minimum atomic E-state index is 0.592. The molecule has 3 N–H and O–H groups in total. The summed E-state index contributed by atoms with van der Waals surface area (Å²) in [6, 6.07) is 8.74. The van der Waals surface area contributed by atoms with Crippen LogP contribution < -0.4 is 11.1 Å². The fourth-order valence-electron chi connectivity index (χ4n) is 2.88. The van der Waals surface area contributed by atoms with Gasteiger partial charge in [0, 0.05) is 32.7 Å². The second-order valence-electron chi connectivity index (χ2n) is 6.05. The molecule has 22 heavy (non-hydrogen) atoms. The van der Waals surface area contributed by atoms with Crippen molar-refractivity contribution < 1.29 is 0 Å². The molecule has 2 rings (SSSR count). The van der Waals surface area contributed by atoms with Gasteiger partial charge in [-0.25, -0.2) is 0 Å². The highest BCUT2D eigenvalue weighted by Crippen LogP contribution is 2.17. The van der Waals surface area contributed by atoms with Crippen molar-refractivity contribution in [2.24, 2.45) is 10.7 Å². The topological polar surface area (TPSA) is 53.6 Å². The number of aliphatic imine (C=N–C) groups is 1. The normalized spacial score (nSPS) is 15.6. The summed E-state index contributed by atoms with van der Waals surface area (Å²) in [5, 5.41) is 3.23. The molecular formula is C18H30N4. The summed E-state index contributed by atoms with van der Waals surface area (Å²) in [5.41, 5.74) is 8.87. The molecule has 0 saturated heterocycles. The van der Waals surface area contributed by atoms with E-state index in [0.717, 1.165) is 45.6 Å². The maximum Gasteiger partial charge on any atom is 0.188 e. The van der Waals surface area contributed by atoms with Crippen LogP contribution in [0.1, 0.15) is 43.7 Å². The quantitative estimate of drug-likeness (QED) is 0.441. The number of guanidine groups is 1. The number of hydrogen-bond donors (Lipinski definition) is 2. The predicted octanol–water partition coefficient (Wildman–Crippen LogP) is 2.53. The van der Waals surface area contributed by atoms with Crippen molar-refractivity contribution in [3.05, 3.63) is 35.4 Å². The Morgan fingerprint density at radius 1 is 1.23 bits per heavy atom. The lowest BCUT2D eigenvalue weighted by molar-refractivity contribution is 0.258. The Morgan fingerprint density at radius 3 is 2.86 bits per heavy atom. The lowest BCUT2D eigenvalue weighted by Crippen LogP contribution is -2.40. The maximum absolute atomic E-state index is 5.90. The van der Waals surface area contributed by atoms with Gasteiger partial charge in [-0.2, -0.15) is 0 Å². The first kappa shape index (κ1) is 16.8. The van der Waals surface area contributed by atoms with Gasteiger partial charge in [-0.1, -0.05) is 50.5 Å². The van der Waals surface area contributed by atoms with Crippen LogP contribution >= 0.6 is 0 Å². The zero-order valence-corrected chi connectivity index (χ0v) is 13.9. The van der Waals surface area contributed by atoms with E-state index >= 15 is 0 Å². The second kappa shape index (κ2) is 9.46. The molecule has 0 saturated carbocycles. The van der Waals surface area contributed by atoms with E-state index in [4.69, 9.17) is 5.73 Å². The number of rotatable bonds is 8. The summed E-state index contributed by atoms with van der Waals surface area (Å²) < 4.78 is 0. The van der Waals surface area contributed by atoms with Crippen molar-refractivity contribution in [3.8, 4) is 0 Å². The number of benzene rings is 1. The summed E-state index contributed by atoms with van der Waals surface area (Å²) >= 11 is 0. The van der Waals surface area contributed by atoms with Crippen LogP contribution in [0.3, 0.4) is 0 Å². The molecule has 122 valence electrons. The summed E-state index contributed by atoms with van der Waals surface area (Å²) in [6.07, 6.45) is 6.09. The number of unbranched alkanes of at least 4 members (excludes halogenated alkanes) is 3. The van der Waals surface area contributed by atoms with Crippen LogP contribution in [-0.4, -0.2) is 37.0 Å². The van der Waals surface area contributed by atoms with Gasteiger partial charge in [-0.3, -0.25) is 9.89 Å². The minimum Gasteiger partial charge on any atom is -0.370 e. The van der Waals surface area contributed by atoms with E-state index < -0.39 is 0 Å². The highest BCUT2D eigenvalue weighted by Gasteiger charge is 2.14. The number of nitrogens with one attached hydrogen (secondary N) is 1. The molecule has 0 spiro atoms. The Balaban J connectivity index is 1.62. The fourth-order valence-corrected chi connectivity index (χ4v) is 2.88. The molecule has 4 heteroatoms. The van der Waals surface area contributed by atoms with Crippen LogP contribution in [0, 0.1) is 0 Å². The summed E-state index contributed by atoms with van der Waals surface area (Å²) in [7, 11) is 0. The van der Waals surface area contributed by atoms with Gasteiger partial charge in [0.15, 0.2) is 5.96 Å². The molecule has 4 nitrogen and oxygen atoms in total. The Morgan fingerprint density at radius 2 is 2.05 bits per heavy atom. The van der Waals surface area contributed by atoms with Crippen LogP contribution in [0.4, 0.5) is 0 Å². The second-order valence-corrected chi connectivity index (χ2v) is 6.05. The molecule has 0 unspecified atom stereocenters. The van der Waals surface area contributed by atoms with Gasteiger partial charge in [-0.15, -0.1) is 0 Å². The molecule has 1 aromatic carbocycles. The highest BCUT2D eigenvalue weighted by molar-refractivity contribution is 5.77. The Kier molecular flexibility index (Phi) is 7.23. The standard InChI is InChI=1S/C18H30N4/c1-2-3-4-7-11-20-18(19)21-12-14-22-13-10-16-8-5-6-9-17(16)15-22/h5-6,8-9H,2-4,7,10-15H2,1H3,(H3,19,20,21). The Hall–Kier alpha value is -1.55. The van der Waals surface area contributed by atoms with Crippen molar-refractivity contribution in [1.29, 1.82) is 0 Å². The van der Waals surface area contributed by atoms with E-state index in [2.05, 4.69) is 46.4 Å². The van der Waals surface area contributed by atoms with Crippen LogP contribution in [0.15, 0.2) is 29.3 Å². The minimum absolute atomic E-state index is 0.592. The van der Waals surface area contributed by atoms with E-state index in [1.54, 1.807) is 0 Å². The summed E-state index contributed by atoms with van der Waals surface area (Å²) in [4.78, 5) is 6.86. The molecule has 0 aliphatic carbocycles. The zero-order valence-electron chi connectivity index (χ0n) is 13.9. The van der Waals surface area contributed by atoms with Crippen molar-refractivity contribution in [3.63, 3.8) is 0 Å². The zero-order chi connectivity index (χ0) is 15.6. The largest absolute Gasteiger partial charge is 0.370 e. The molecule has 0 amide bonds. The van der Waals surface area contributed by atoms with E-state index in [9.17, 15) is 0 Å². The van der Waals surface area contributed by atoms with Crippen LogP contribution in [0.25, 0.3) is 0 Å². The number of fused-ring (bicyclic) bond motifs is 1. The van der Waals surface area contributed by atoms with Crippen molar-refractivity contribution >= 4 is 5.96 Å². The van der Waals surface area contributed by atoms with Crippen LogP contribution in [0.5, 0.6) is 0 Å². The lowest BCUT2D eigenvalue weighted by atomic mass is 10.00. The molecule has 1 aliphatic heterocycles. The molecule has 0 atom stereocenters. The molecular weight excluding hydrogens is 272 g/mol. The molecule has 1 aliphatic rings. The fraction of sp³-hybridized carbons (Fsp3) is 0.611. The third kappa shape index (κ3) is 5.68. The smallest absolute Gasteiger partial charge is 0.188 e. The first-order valence-corrected chi connectivity index (χ1v) is 8.62. The monoisotopic (exact) mass is 302 g/mol. The van der Waals surface area contributed by atoms with E-state index in [-0.39, 0.29) is 0 Å². The van der Waals surface area contributed by atoms with Crippen molar-refractivity contribution in [2.45, 2.75) is 45.6 Å². The number of hydrogen-bond acceptors (Lipinski definition) is 2. The molecule has 1 heterocycles.